The third kappa shape index (κ3) is 5.19. The van der Waals surface area contributed by atoms with Gasteiger partial charge < -0.3 is 9.80 Å². The van der Waals surface area contributed by atoms with Crippen molar-refractivity contribution in [1.29, 1.82) is 10.5 Å². The van der Waals surface area contributed by atoms with Crippen LogP contribution in [0.4, 0.5) is 0 Å². The topological polar surface area (TPSA) is 88.2 Å². The van der Waals surface area contributed by atoms with Gasteiger partial charge in [0.1, 0.15) is 13.1 Å². The Labute approximate surface area is 147 Å². The van der Waals surface area contributed by atoms with E-state index in [1.54, 1.807) is 17.1 Å². The van der Waals surface area contributed by atoms with E-state index >= 15 is 0 Å². The summed E-state index contributed by atoms with van der Waals surface area (Å²) in [6, 6.07) is 13.4. The fraction of sp³-hybridized carbons (Fsp3) is 0.368. The van der Waals surface area contributed by atoms with Crippen LogP contribution in [0, 0.1) is 28.6 Å². The van der Waals surface area contributed by atoms with Crippen LogP contribution in [-0.2, 0) is 9.59 Å². The fourth-order valence-electron chi connectivity index (χ4n) is 2.82. The van der Waals surface area contributed by atoms with E-state index in [9.17, 15) is 9.59 Å². The van der Waals surface area contributed by atoms with Crippen LogP contribution in [0.2, 0.25) is 0 Å². The van der Waals surface area contributed by atoms with E-state index in [1.165, 1.54) is 4.90 Å². The number of nitrogens with zero attached hydrogens (tertiary/aromatic N) is 4. The van der Waals surface area contributed by atoms with E-state index < -0.39 is 0 Å². The van der Waals surface area contributed by atoms with Gasteiger partial charge in [0.15, 0.2) is 0 Å². The molecule has 0 saturated carbocycles. The number of rotatable bonds is 5. The average Bonchev–Trinajstić information content (AvgIpc) is 2.66. The van der Waals surface area contributed by atoms with Crippen LogP contribution in [0.3, 0.4) is 0 Å². The van der Waals surface area contributed by atoms with Gasteiger partial charge in [-0.2, -0.15) is 10.5 Å². The third-order valence-electron chi connectivity index (χ3n) is 4.21. The molecule has 0 radical (unpaired) electrons. The Morgan fingerprint density at radius 1 is 1.12 bits per heavy atom. The molecule has 2 rings (SSSR count). The molecule has 0 aromatic heterocycles. The lowest BCUT2D eigenvalue weighted by atomic mass is 9.95. The van der Waals surface area contributed by atoms with Gasteiger partial charge in [-0.15, -0.1) is 0 Å². The van der Waals surface area contributed by atoms with E-state index in [2.05, 4.69) is 0 Å². The molecular weight excluding hydrogens is 316 g/mol. The summed E-state index contributed by atoms with van der Waals surface area (Å²) in [4.78, 5) is 27.6. The molecule has 1 saturated heterocycles. The SMILES string of the molecule is N#CCN(CC#N)C(=O)C1CCN(C(=O)C=Cc2ccccc2)CC1. The van der Waals surface area contributed by atoms with Crippen molar-refractivity contribution in [2.75, 3.05) is 26.2 Å². The first-order valence-electron chi connectivity index (χ1n) is 8.20. The van der Waals surface area contributed by atoms with Gasteiger partial charge in [-0.25, -0.2) is 0 Å². The van der Waals surface area contributed by atoms with Crippen LogP contribution in [0.1, 0.15) is 18.4 Å². The van der Waals surface area contributed by atoms with Gasteiger partial charge in [0.05, 0.1) is 12.1 Å². The number of amides is 2. The molecule has 1 aromatic rings. The van der Waals surface area contributed by atoms with E-state index in [0.29, 0.717) is 25.9 Å². The Morgan fingerprint density at radius 2 is 1.72 bits per heavy atom. The first-order valence-corrected chi connectivity index (χ1v) is 8.20. The maximum atomic E-state index is 12.4. The molecule has 0 N–H and O–H groups in total. The van der Waals surface area contributed by atoms with Crippen LogP contribution in [0.15, 0.2) is 36.4 Å². The van der Waals surface area contributed by atoms with E-state index in [0.717, 1.165) is 5.56 Å². The Hall–Kier alpha value is -3.12. The fourth-order valence-corrected chi connectivity index (χ4v) is 2.82. The molecule has 6 nitrogen and oxygen atoms in total. The highest BCUT2D eigenvalue weighted by molar-refractivity contribution is 5.92. The lowest BCUT2D eigenvalue weighted by Gasteiger charge is -2.32. The molecule has 25 heavy (non-hydrogen) atoms. The highest BCUT2D eigenvalue weighted by Crippen LogP contribution is 2.20. The molecule has 6 heteroatoms. The Bertz CT molecular complexity index is 691. The number of hydrogen-bond donors (Lipinski definition) is 0. The maximum Gasteiger partial charge on any atom is 0.246 e. The second-order valence-corrected chi connectivity index (χ2v) is 5.85. The molecular formula is C19H20N4O2. The van der Waals surface area contributed by atoms with Gasteiger partial charge in [0.25, 0.3) is 0 Å². The van der Waals surface area contributed by atoms with Gasteiger partial charge in [0.2, 0.25) is 11.8 Å². The van der Waals surface area contributed by atoms with Crippen LogP contribution in [0.25, 0.3) is 6.08 Å². The average molecular weight is 336 g/mol. The molecule has 0 aliphatic carbocycles. The predicted octanol–water partition coefficient (Wildman–Crippen LogP) is 1.81. The quantitative estimate of drug-likeness (QED) is 0.606. The maximum absolute atomic E-state index is 12.4. The van der Waals surface area contributed by atoms with Crippen LogP contribution >= 0.6 is 0 Å². The summed E-state index contributed by atoms with van der Waals surface area (Å²) in [5.74, 6) is -0.473. The highest BCUT2D eigenvalue weighted by atomic mass is 16.2. The van der Waals surface area contributed by atoms with E-state index in [4.69, 9.17) is 10.5 Å². The minimum atomic E-state index is -0.233. The Morgan fingerprint density at radius 3 is 2.28 bits per heavy atom. The summed E-state index contributed by atoms with van der Waals surface area (Å²) < 4.78 is 0. The zero-order valence-corrected chi connectivity index (χ0v) is 14.0. The molecule has 1 aromatic carbocycles. The molecule has 0 unspecified atom stereocenters. The second kappa shape index (κ2) is 9.24. The number of likely N-dealkylation sites (tertiary alicyclic amines) is 1. The summed E-state index contributed by atoms with van der Waals surface area (Å²) in [6.07, 6.45) is 4.44. The van der Waals surface area contributed by atoms with Crippen molar-refractivity contribution in [3.05, 3.63) is 42.0 Å². The number of nitriles is 2. The third-order valence-corrected chi connectivity index (χ3v) is 4.21. The number of benzene rings is 1. The molecule has 0 spiro atoms. The molecule has 1 heterocycles. The van der Waals surface area contributed by atoms with Crippen molar-refractivity contribution >= 4 is 17.9 Å². The first kappa shape index (κ1) is 18.2. The summed E-state index contributed by atoms with van der Waals surface area (Å²) in [5, 5.41) is 17.5. The van der Waals surface area contributed by atoms with Gasteiger partial charge >= 0.3 is 0 Å². The molecule has 2 amide bonds. The van der Waals surface area contributed by atoms with Crippen molar-refractivity contribution < 1.29 is 9.59 Å². The smallest absolute Gasteiger partial charge is 0.246 e. The van der Waals surface area contributed by atoms with E-state index in [-0.39, 0.29) is 30.8 Å². The standard InChI is InChI=1S/C19H20N4O2/c20-10-14-23(15-11-21)19(25)17-8-12-22(13-9-17)18(24)7-6-16-4-2-1-3-5-16/h1-7,17H,8-9,12-15H2. The lowest BCUT2D eigenvalue weighted by Crippen LogP contribution is -2.44. The van der Waals surface area contributed by atoms with Crippen molar-refractivity contribution in [2.24, 2.45) is 5.92 Å². The molecule has 0 atom stereocenters. The van der Waals surface area contributed by atoms with E-state index in [1.807, 2.05) is 42.5 Å². The summed E-state index contributed by atoms with van der Waals surface area (Å²) in [5.41, 5.74) is 0.963. The number of carbonyl (C=O) groups excluding carboxylic acids is 2. The summed E-state index contributed by atoms with van der Waals surface area (Å²) in [6.45, 7) is 0.847. The molecule has 1 aliphatic heterocycles. The van der Waals surface area contributed by atoms with Crippen LogP contribution in [-0.4, -0.2) is 47.8 Å². The summed E-state index contributed by atoms with van der Waals surface area (Å²) >= 11 is 0. The minimum Gasteiger partial charge on any atom is -0.339 e. The Balaban J connectivity index is 1.87. The van der Waals surface area contributed by atoms with Gasteiger partial charge in [-0.05, 0) is 24.5 Å². The van der Waals surface area contributed by atoms with Crippen LogP contribution in [0.5, 0.6) is 0 Å². The number of carbonyl (C=O) groups is 2. The first-order chi connectivity index (χ1) is 12.2. The van der Waals surface area contributed by atoms with Crippen molar-refractivity contribution in [3.63, 3.8) is 0 Å². The zero-order valence-electron chi connectivity index (χ0n) is 14.0. The summed E-state index contributed by atoms with van der Waals surface area (Å²) in [7, 11) is 0. The van der Waals surface area contributed by atoms with Crippen molar-refractivity contribution in [3.8, 4) is 12.1 Å². The number of piperidine rings is 1. The monoisotopic (exact) mass is 336 g/mol. The lowest BCUT2D eigenvalue weighted by molar-refractivity contribution is -0.138. The molecule has 1 aliphatic rings. The largest absolute Gasteiger partial charge is 0.339 e. The van der Waals surface area contributed by atoms with Crippen LogP contribution < -0.4 is 0 Å². The van der Waals surface area contributed by atoms with Crippen molar-refractivity contribution in [2.45, 2.75) is 12.8 Å². The van der Waals surface area contributed by atoms with Gasteiger partial charge in [-0.1, -0.05) is 30.3 Å². The molecule has 1 fully saturated rings. The zero-order chi connectivity index (χ0) is 18.1. The minimum absolute atomic E-state index is 0.0688. The number of hydrogen-bond acceptors (Lipinski definition) is 4. The van der Waals surface area contributed by atoms with Gasteiger partial charge in [-0.3, -0.25) is 9.59 Å². The predicted molar refractivity (Wildman–Crippen MR) is 92.6 cm³/mol. The Kier molecular flexibility index (Phi) is 6.74. The van der Waals surface area contributed by atoms with Gasteiger partial charge in [0, 0.05) is 25.1 Å². The second-order valence-electron chi connectivity index (χ2n) is 5.85. The molecule has 0 bridgehead atoms. The van der Waals surface area contributed by atoms with Crippen molar-refractivity contribution in [1.82, 2.24) is 9.80 Å². The normalized spacial score (nSPS) is 14.7. The molecule has 128 valence electrons. The highest BCUT2D eigenvalue weighted by Gasteiger charge is 2.29.